The summed E-state index contributed by atoms with van der Waals surface area (Å²) in [5.41, 5.74) is 1.46. The number of halogens is 2. The van der Waals surface area contributed by atoms with Gasteiger partial charge in [-0.3, -0.25) is 0 Å². The number of hydrogen-bond acceptors (Lipinski definition) is 0. The summed E-state index contributed by atoms with van der Waals surface area (Å²) >= 11 is 0. The van der Waals surface area contributed by atoms with Gasteiger partial charge in [0.2, 0.25) is 0 Å². The molecular weight excluding hydrogens is 408 g/mol. The minimum atomic E-state index is 0. The summed E-state index contributed by atoms with van der Waals surface area (Å²) in [7, 11) is 4.74. The molecule has 0 unspecified atom stereocenters. The molecule has 1 nitrogen and oxygen atoms in total. The number of hydrogen-bond donors (Lipinski definition) is 0. The van der Waals surface area contributed by atoms with Crippen LogP contribution in [-0.4, -0.2) is 25.1 Å². The maximum Gasteiger partial charge on any atom is 1.00 e. The van der Waals surface area contributed by atoms with Crippen LogP contribution in [0.15, 0.2) is 30.3 Å². The van der Waals surface area contributed by atoms with Gasteiger partial charge in [-0.2, -0.15) is 0 Å². The van der Waals surface area contributed by atoms with E-state index < -0.39 is 0 Å². The molecule has 1 aromatic rings. The summed E-state index contributed by atoms with van der Waals surface area (Å²) in [5, 5.41) is 0. The Morgan fingerprint density at radius 2 is 0.966 bits per heavy atom. The topological polar surface area (TPSA) is 0 Å². The van der Waals surface area contributed by atoms with E-state index in [0.29, 0.717) is 0 Å². The van der Waals surface area contributed by atoms with Crippen molar-refractivity contribution in [1.82, 2.24) is 0 Å². The van der Waals surface area contributed by atoms with Crippen molar-refractivity contribution < 1.29 is 58.9 Å². The molecule has 1 aromatic carbocycles. The molecule has 1 rings (SSSR count). The normalized spacial score (nSPS) is 10.6. The summed E-state index contributed by atoms with van der Waals surface area (Å²) in [5.74, 6) is 0. The summed E-state index contributed by atoms with van der Waals surface area (Å²) in [6.07, 6.45) is 20.2. The quantitative estimate of drug-likeness (QED) is 0.157. The molecule has 0 N–H and O–H groups in total. The number of quaternary nitrogens is 1. The molecule has 0 atom stereocenters. The average molecular weight is 455 g/mol. The molecule has 29 heavy (non-hydrogen) atoms. The molecular formula is C25H46Cl2NNa. The van der Waals surface area contributed by atoms with Gasteiger partial charge >= 0.3 is 29.6 Å². The Labute approximate surface area is 217 Å². The molecule has 0 aliphatic rings. The van der Waals surface area contributed by atoms with Gasteiger partial charge in [-0.15, -0.1) is 0 Å². The molecule has 4 heteroatoms. The van der Waals surface area contributed by atoms with E-state index in [1.54, 1.807) is 0 Å². The van der Waals surface area contributed by atoms with Gasteiger partial charge in [-0.25, -0.2) is 0 Å². The van der Waals surface area contributed by atoms with Crippen molar-refractivity contribution in [2.75, 3.05) is 20.6 Å². The van der Waals surface area contributed by atoms with Gasteiger partial charge in [-0.05, 0) is 12.8 Å². The fourth-order valence-corrected chi connectivity index (χ4v) is 3.89. The van der Waals surface area contributed by atoms with Crippen molar-refractivity contribution in [2.45, 2.75) is 103 Å². The van der Waals surface area contributed by atoms with E-state index >= 15 is 0 Å². The number of unbranched alkanes of at least 4 members (excludes halogenated alkanes) is 13. The van der Waals surface area contributed by atoms with E-state index in [2.05, 4.69) is 51.4 Å². The van der Waals surface area contributed by atoms with Crippen LogP contribution in [-0.2, 0) is 6.54 Å². The zero-order valence-corrected chi connectivity index (χ0v) is 23.4. The minimum Gasteiger partial charge on any atom is -1.00 e. The largest absolute Gasteiger partial charge is 1.00 e. The van der Waals surface area contributed by atoms with Crippen molar-refractivity contribution in [3.8, 4) is 0 Å². The number of rotatable bonds is 17. The molecule has 0 aromatic heterocycles. The molecule has 0 aliphatic carbocycles. The van der Waals surface area contributed by atoms with Crippen molar-refractivity contribution >= 4 is 0 Å². The first kappa shape index (κ1) is 34.4. The van der Waals surface area contributed by atoms with Gasteiger partial charge in [-0.1, -0.05) is 114 Å². The second-order valence-electron chi connectivity index (χ2n) is 8.90. The average Bonchev–Trinajstić information content (AvgIpc) is 2.62. The molecule has 0 bridgehead atoms. The molecule has 0 radical (unpaired) electrons. The van der Waals surface area contributed by atoms with Crippen molar-refractivity contribution in [3.05, 3.63) is 35.9 Å². The van der Waals surface area contributed by atoms with E-state index in [9.17, 15) is 0 Å². The van der Waals surface area contributed by atoms with Crippen LogP contribution in [0.2, 0.25) is 0 Å². The Bertz CT molecular complexity index is 426. The van der Waals surface area contributed by atoms with Crippen LogP contribution >= 0.6 is 0 Å². The Morgan fingerprint density at radius 3 is 1.38 bits per heavy atom. The monoisotopic (exact) mass is 453 g/mol. The Hall–Kier alpha value is 0.760. The fraction of sp³-hybridized carbons (Fsp3) is 0.760. The van der Waals surface area contributed by atoms with E-state index in [0.717, 1.165) is 11.0 Å². The van der Waals surface area contributed by atoms with Crippen LogP contribution in [0, 0.1) is 0 Å². The summed E-state index contributed by atoms with van der Waals surface area (Å²) < 4.78 is 1.11. The minimum absolute atomic E-state index is 0. The standard InChI is InChI=1S/C25H46N.2ClH.Na/c1-4-5-6-7-8-9-10-11-12-13-14-15-16-20-23-26(2,3)24-25-21-18-17-19-22-25;;;/h17-19,21-22H,4-16,20,23-24H2,1-3H3;2*1H;/q+1;;;+1/p-2. The van der Waals surface area contributed by atoms with Gasteiger partial charge in [0.15, 0.2) is 0 Å². The second-order valence-corrected chi connectivity index (χ2v) is 8.90. The zero-order valence-electron chi connectivity index (χ0n) is 19.9. The third-order valence-electron chi connectivity index (χ3n) is 5.57. The van der Waals surface area contributed by atoms with Gasteiger partial charge < -0.3 is 29.3 Å². The summed E-state index contributed by atoms with van der Waals surface area (Å²) in [6.45, 7) is 4.75. The number of benzene rings is 1. The Kier molecular flexibility index (Phi) is 27.8. The molecule has 0 aliphatic heterocycles. The van der Waals surface area contributed by atoms with Gasteiger partial charge in [0, 0.05) is 5.56 Å². The van der Waals surface area contributed by atoms with Crippen LogP contribution < -0.4 is 54.4 Å². The molecule has 0 saturated heterocycles. The smallest absolute Gasteiger partial charge is 1.00 e. The first-order chi connectivity index (χ1) is 12.6. The maximum atomic E-state index is 2.37. The zero-order chi connectivity index (χ0) is 18.9. The molecule has 0 fully saturated rings. The van der Waals surface area contributed by atoms with E-state index in [-0.39, 0.29) is 54.4 Å². The molecule has 166 valence electrons. The van der Waals surface area contributed by atoms with Crippen LogP contribution in [0.1, 0.15) is 102 Å². The molecule has 0 spiro atoms. The van der Waals surface area contributed by atoms with Crippen molar-refractivity contribution in [3.63, 3.8) is 0 Å². The van der Waals surface area contributed by atoms with Crippen LogP contribution in [0.5, 0.6) is 0 Å². The molecule has 0 heterocycles. The van der Waals surface area contributed by atoms with E-state index in [1.807, 2.05) is 0 Å². The summed E-state index contributed by atoms with van der Waals surface area (Å²) in [4.78, 5) is 0. The third-order valence-corrected chi connectivity index (χ3v) is 5.57. The van der Waals surface area contributed by atoms with Gasteiger partial charge in [0.05, 0.1) is 20.6 Å². The van der Waals surface area contributed by atoms with Crippen LogP contribution in [0.3, 0.4) is 0 Å². The van der Waals surface area contributed by atoms with Crippen molar-refractivity contribution in [1.29, 1.82) is 0 Å². The predicted molar refractivity (Wildman–Crippen MR) is 117 cm³/mol. The molecule has 0 amide bonds. The summed E-state index contributed by atoms with van der Waals surface area (Å²) in [6, 6.07) is 10.9. The molecule has 0 saturated carbocycles. The van der Waals surface area contributed by atoms with Crippen LogP contribution in [0.25, 0.3) is 0 Å². The maximum absolute atomic E-state index is 2.37. The second kappa shape index (κ2) is 23.4. The first-order valence-corrected chi connectivity index (χ1v) is 11.5. The van der Waals surface area contributed by atoms with Gasteiger partial charge in [0.1, 0.15) is 6.54 Å². The SMILES string of the molecule is CCCCCCCCCCCCCCCC[N+](C)(C)Cc1ccccc1.[Cl-].[Cl-].[Na+]. The third kappa shape index (κ3) is 21.8. The predicted octanol–water partition coefficient (Wildman–Crippen LogP) is -1.24. The Morgan fingerprint density at radius 1 is 0.586 bits per heavy atom. The van der Waals surface area contributed by atoms with Crippen molar-refractivity contribution in [2.24, 2.45) is 0 Å². The first-order valence-electron chi connectivity index (χ1n) is 11.5. The fourth-order valence-electron chi connectivity index (χ4n) is 3.89. The Balaban J connectivity index is -0.00000225. The van der Waals surface area contributed by atoms with Crippen LogP contribution in [0.4, 0.5) is 0 Å². The van der Waals surface area contributed by atoms with Gasteiger partial charge in [0.25, 0.3) is 0 Å². The number of nitrogens with zero attached hydrogens (tertiary/aromatic N) is 1. The van der Waals surface area contributed by atoms with E-state index in [4.69, 9.17) is 0 Å². The van der Waals surface area contributed by atoms with E-state index in [1.165, 1.54) is 102 Å².